The Labute approximate surface area is 168 Å². The van der Waals surface area contributed by atoms with E-state index in [-0.39, 0.29) is 17.8 Å². The molecule has 1 saturated heterocycles. The monoisotopic (exact) mass is 404 g/mol. The summed E-state index contributed by atoms with van der Waals surface area (Å²) in [5.41, 5.74) is 1.90. The summed E-state index contributed by atoms with van der Waals surface area (Å²) in [4.78, 5) is 15.0. The second kappa shape index (κ2) is 8.47. The number of hydrogen-bond acceptors (Lipinski definition) is 4. The van der Waals surface area contributed by atoms with Gasteiger partial charge in [0, 0.05) is 31.1 Å². The van der Waals surface area contributed by atoms with Gasteiger partial charge in [0.05, 0.1) is 19.3 Å². The molecule has 2 aromatic carbocycles. The molecule has 28 heavy (non-hydrogen) atoms. The van der Waals surface area contributed by atoms with Crippen molar-refractivity contribution in [1.29, 1.82) is 0 Å². The Hall–Kier alpha value is -2.15. The van der Waals surface area contributed by atoms with Gasteiger partial charge in [-0.1, -0.05) is 23.7 Å². The third kappa shape index (κ3) is 4.29. The van der Waals surface area contributed by atoms with Gasteiger partial charge < -0.3 is 14.8 Å². The second-order valence-corrected chi connectivity index (χ2v) is 7.46. The summed E-state index contributed by atoms with van der Waals surface area (Å²) in [5.74, 6) is 0.268. The van der Waals surface area contributed by atoms with E-state index in [9.17, 15) is 9.18 Å². The minimum absolute atomic E-state index is 0.0494. The lowest BCUT2D eigenvalue weighted by Gasteiger charge is -2.35. The third-order valence-electron chi connectivity index (χ3n) is 5.20. The molecule has 1 N–H and O–H groups in total. The van der Waals surface area contributed by atoms with Crippen molar-refractivity contribution in [3.63, 3.8) is 0 Å². The molecule has 148 valence electrons. The van der Waals surface area contributed by atoms with Crippen LogP contribution in [0, 0.1) is 5.82 Å². The number of ether oxygens (including phenoxy) is 2. The molecule has 4 rings (SSSR count). The number of amides is 1. The van der Waals surface area contributed by atoms with Crippen molar-refractivity contribution < 1.29 is 18.7 Å². The van der Waals surface area contributed by atoms with Crippen LogP contribution in [0.2, 0.25) is 5.02 Å². The topological polar surface area (TPSA) is 50.8 Å². The van der Waals surface area contributed by atoms with Crippen molar-refractivity contribution in [3.05, 3.63) is 64.4 Å². The van der Waals surface area contributed by atoms with Gasteiger partial charge in [0.2, 0.25) is 0 Å². The van der Waals surface area contributed by atoms with E-state index in [1.807, 2.05) is 6.07 Å². The SMILES string of the molecule is O=C(NC[C@@H](c1ccc(F)cc1)N1CCOCC1)[C@@H]1Cc2cc(Cl)ccc2O1. The minimum Gasteiger partial charge on any atom is -0.480 e. The molecule has 0 aromatic heterocycles. The van der Waals surface area contributed by atoms with Crippen LogP contribution in [0.4, 0.5) is 4.39 Å². The van der Waals surface area contributed by atoms with Gasteiger partial charge >= 0.3 is 0 Å². The molecule has 1 fully saturated rings. The van der Waals surface area contributed by atoms with Crippen molar-refractivity contribution in [2.24, 2.45) is 0 Å². The van der Waals surface area contributed by atoms with E-state index in [1.54, 1.807) is 24.3 Å². The third-order valence-corrected chi connectivity index (χ3v) is 5.44. The maximum Gasteiger partial charge on any atom is 0.261 e. The van der Waals surface area contributed by atoms with E-state index in [2.05, 4.69) is 10.2 Å². The summed E-state index contributed by atoms with van der Waals surface area (Å²) in [6.07, 6.45) is -0.0624. The lowest BCUT2D eigenvalue weighted by molar-refractivity contribution is -0.127. The maximum absolute atomic E-state index is 13.3. The van der Waals surface area contributed by atoms with Crippen LogP contribution in [0.1, 0.15) is 17.2 Å². The highest BCUT2D eigenvalue weighted by Gasteiger charge is 2.30. The lowest BCUT2D eigenvalue weighted by Crippen LogP contribution is -2.46. The molecule has 7 heteroatoms. The van der Waals surface area contributed by atoms with Crippen LogP contribution in [-0.2, 0) is 16.0 Å². The van der Waals surface area contributed by atoms with Crippen molar-refractivity contribution >= 4 is 17.5 Å². The summed E-state index contributed by atoms with van der Waals surface area (Å²) in [5, 5.41) is 3.64. The smallest absolute Gasteiger partial charge is 0.261 e. The normalized spacial score (nSPS) is 20.3. The fourth-order valence-electron chi connectivity index (χ4n) is 3.71. The second-order valence-electron chi connectivity index (χ2n) is 7.02. The van der Waals surface area contributed by atoms with E-state index in [1.165, 1.54) is 12.1 Å². The average molecular weight is 405 g/mol. The predicted octanol–water partition coefficient (Wildman–Crippen LogP) is 2.97. The summed E-state index contributed by atoms with van der Waals surface area (Å²) in [6, 6.07) is 11.8. The van der Waals surface area contributed by atoms with Crippen LogP contribution in [0.25, 0.3) is 0 Å². The van der Waals surface area contributed by atoms with Gasteiger partial charge in [0.25, 0.3) is 5.91 Å². The molecule has 5 nitrogen and oxygen atoms in total. The summed E-state index contributed by atoms with van der Waals surface area (Å²) < 4.78 is 24.5. The van der Waals surface area contributed by atoms with E-state index in [0.29, 0.717) is 37.0 Å². The van der Waals surface area contributed by atoms with Crippen molar-refractivity contribution in [2.75, 3.05) is 32.8 Å². The van der Waals surface area contributed by atoms with Gasteiger partial charge in [0.1, 0.15) is 11.6 Å². The van der Waals surface area contributed by atoms with Gasteiger partial charge in [-0.3, -0.25) is 9.69 Å². The standard InChI is InChI=1S/C21H22ClFN2O3/c22-16-3-6-19-15(11-16)12-20(28-19)21(26)24-13-18(25-7-9-27-10-8-25)14-1-4-17(23)5-2-14/h1-6,11,18,20H,7-10,12-13H2,(H,24,26)/t18-,20-/m0/s1. The number of halogens is 2. The highest BCUT2D eigenvalue weighted by molar-refractivity contribution is 6.30. The molecular formula is C21H22ClFN2O3. The molecule has 2 aromatic rings. The first-order valence-electron chi connectivity index (χ1n) is 9.40. The summed E-state index contributed by atoms with van der Waals surface area (Å²) >= 11 is 6.02. The molecule has 0 saturated carbocycles. The molecule has 0 aliphatic carbocycles. The zero-order valence-corrected chi connectivity index (χ0v) is 16.1. The fraction of sp³-hybridized carbons (Fsp3) is 0.381. The highest BCUT2D eigenvalue weighted by Crippen LogP contribution is 2.31. The average Bonchev–Trinajstić information content (AvgIpc) is 3.13. The first-order valence-corrected chi connectivity index (χ1v) is 9.78. The van der Waals surface area contributed by atoms with Gasteiger partial charge in [-0.05, 0) is 41.5 Å². The van der Waals surface area contributed by atoms with E-state index in [0.717, 1.165) is 24.2 Å². The highest BCUT2D eigenvalue weighted by atomic mass is 35.5. The van der Waals surface area contributed by atoms with E-state index < -0.39 is 6.10 Å². The van der Waals surface area contributed by atoms with Crippen molar-refractivity contribution in [1.82, 2.24) is 10.2 Å². The molecule has 1 amide bonds. The zero-order chi connectivity index (χ0) is 19.5. The number of fused-ring (bicyclic) bond motifs is 1. The zero-order valence-electron chi connectivity index (χ0n) is 15.4. The number of nitrogens with zero attached hydrogens (tertiary/aromatic N) is 1. The van der Waals surface area contributed by atoms with Crippen molar-refractivity contribution in [3.8, 4) is 5.75 Å². The Bertz CT molecular complexity index is 840. The molecular weight excluding hydrogens is 383 g/mol. The Kier molecular flexibility index (Phi) is 5.80. The van der Waals surface area contributed by atoms with Gasteiger partial charge in [-0.2, -0.15) is 0 Å². The maximum atomic E-state index is 13.3. The van der Waals surface area contributed by atoms with Crippen LogP contribution in [-0.4, -0.2) is 49.8 Å². The van der Waals surface area contributed by atoms with Crippen LogP contribution in [0.3, 0.4) is 0 Å². The molecule has 0 radical (unpaired) electrons. The summed E-state index contributed by atoms with van der Waals surface area (Å²) in [7, 11) is 0. The molecule has 2 atom stereocenters. The number of carbonyl (C=O) groups is 1. The Morgan fingerprint density at radius 3 is 2.71 bits per heavy atom. The molecule has 2 heterocycles. The molecule has 0 spiro atoms. The number of morpholine rings is 1. The predicted molar refractivity (Wildman–Crippen MR) is 104 cm³/mol. The van der Waals surface area contributed by atoms with Gasteiger partial charge in [-0.15, -0.1) is 0 Å². The number of carbonyl (C=O) groups excluding carboxylic acids is 1. The Morgan fingerprint density at radius 2 is 1.96 bits per heavy atom. The van der Waals surface area contributed by atoms with Crippen molar-refractivity contribution in [2.45, 2.75) is 18.6 Å². The van der Waals surface area contributed by atoms with E-state index in [4.69, 9.17) is 21.1 Å². The van der Waals surface area contributed by atoms with Crippen LogP contribution < -0.4 is 10.1 Å². The largest absolute Gasteiger partial charge is 0.480 e. The number of benzene rings is 2. The van der Waals surface area contributed by atoms with E-state index >= 15 is 0 Å². The minimum atomic E-state index is -0.563. The quantitative estimate of drug-likeness (QED) is 0.832. The number of rotatable bonds is 5. The van der Waals surface area contributed by atoms with Crippen LogP contribution in [0.15, 0.2) is 42.5 Å². The van der Waals surface area contributed by atoms with Gasteiger partial charge in [0.15, 0.2) is 6.10 Å². The van der Waals surface area contributed by atoms with Crippen LogP contribution >= 0.6 is 11.6 Å². The molecule has 0 unspecified atom stereocenters. The molecule has 0 bridgehead atoms. The number of hydrogen-bond donors (Lipinski definition) is 1. The Morgan fingerprint density at radius 1 is 1.21 bits per heavy atom. The first-order chi connectivity index (χ1) is 13.6. The molecule has 2 aliphatic rings. The Balaban J connectivity index is 1.42. The summed E-state index contributed by atoms with van der Waals surface area (Å²) in [6.45, 7) is 3.24. The first kappa shape index (κ1) is 19.2. The van der Waals surface area contributed by atoms with Gasteiger partial charge in [-0.25, -0.2) is 4.39 Å². The lowest BCUT2D eigenvalue weighted by atomic mass is 10.0. The number of nitrogens with one attached hydrogen (secondary N) is 1. The van der Waals surface area contributed by atoms with Crippen LogP contribution in [0.5, 0.6) is 5.75 Å². The molecule has 2 aliphatic heterocycles. The fourth-order valence-corrected chi connectivity index (χ4v) is 3.90.